The molecular weight excluding hydrogens is 317 g/mol. The first-order chi connectivity index (χ1) is 11.6. The van der Waals surface area contributed by atoms with Crippen molar-refractivity contribution >= 4 is 11.7 Å². The summed E-state index contributed by atoms with van der Waals surface area (Å²) in [7, 11) is 0. The maximum Gasteiger partial charge on any atom is 0.351 e. The lowest BCUT2D eigenvalue weighted by Gasteiger charge is -2.15. The van der Waals surface area contributed by atoms with Gasteiger partial charge in [-0.15, -0.1) is 0 Å². The smallest absolute Gasteiger partial charge is 0.351 e. The van der Waals surface area contributed by atoms with E-state index in [1.54, 1.807) is 30.3 Å². The molecule has 0 bridgehead atoms. The van der Waals surface area contributed by atoms with Crippen molar-refractivity contribution in [3.63, 3.8) is 0 Å². The number of amides is 1. The van der Waals surface area contributed by atoms with E-state index in [2.05, 4.69) is 10.3 Å². The zero-order chi connectivity index (χ0) is 17.1. The van der Waals surface area contributed by atoms with Gasteiger partial charge in [-0.05, 0) is 24.3 Å². The van der Waals surface area contributed by atoms with Crippen molar-refractivity contribution < 1.29 is 19.0 Å². The van der Waals surface area contributed by atoms with Crippen molar-refractivity contribution in [1.29, 1.82) is 0 Å². The number of benzene rings is 1. The molecule has 2 heterocycles. The Hall–Kier alpha value is -2.84. The lowest BCUT2D eigenvalue weighted by molar-refractivity contribution is -0.0213. The summed E-state index contributed by atoms with van der Waals surface area (Å²) < 4.78 is 19.9. The van der Waals surface area contributed by atoms with Gasteiger partial charge in [-0.25, -0.2) is 9.18 Å². The number of nitrogens with zero attached hydrogens (tertiary/aromatic N) is 2. The second-order valence-electron chi connectivity index (χ2n) is 5.08. The first-order valence-corrected chi connectivity index (χ1v) is 7.17. The van der Waals surface area contributed by atoms with Gasteiger partial charge in [0.1, 0.15) is 17.7 Å². The Balaban J connectivity index is 1.77. The van der Waals surface area contributed by atoms with Gasteiger partial charge in [0, 0.05) is 11.8 Å². The number of aliphatic hydroxyl groups is 1. The van der Waals surface area contributed by atoms with Gasteiger partial charge in [-0.2, -0.15) is 4.98 Å². The number of hydrogen-bond acceptors (Lipinski definition) is 5. The summed E-state index contributed by atoms with van der Waals surface area (Å²) >= 11 is 0. The fraction of sp³-hybridized carbons (Fsp3) is 0.188. The predicted octanol–water partition coefficient (Wildman–Crippen LogP) is 1.24. The van der Waals surface area contributed by atoms with E-state index in [0.29, 0.717) is 5.56 Å². The highest BCUT2D eigenvalue weighted by Crippen LogP contribution is 2.28. The van der Waals surface area contributed by atoms with E-state index in [1.165, 1.54) is 12.3 Å². The zero-order valence-electron chi connectivity index (χ0n) is 12.4. The topological polar surface area (TPSA) is 93.5 Å². The van der Waals surface area contributed by atoms with Crippen LogP contribution in [0.3, 0.4) is 0 Å². The lowest BCUT2D eigenvalue weighted by Crippen LogP contribution is -2.29. The Labute approximate surface area is 136 Å². The molecule has 0 fully saturated rings. The number of ether oxygens (including phenoxy) is 1. The number of anilines is 1. The monoisotopic (exact) mass is 331 g/mol. The molecule has 8 heteroatoms. The summed E-state index contributed by atoms with van der Waals surface area (Å²) in [6.07, 6.45) is 0.302. The quantitative estimate of drug-likeness (QED) is 0.879. The first-order valence-electron chi connectivity index (χ1n) is 7.17. The van der Waals surface area contributed by atoms with Gasteiger partial charge in [-0.1, -0.05) is 18.2 Å². The number of carbonyl (C=O) groups is 1. The maximum absolute atomic E-state index is 13.8. The van der Waals surface area contributed by atoms with Crippen LogP contribution >= 0.6 is 0 Å². The molecular formula is C16H14FN3O4. The van der Waals surface area contributed by atoms with E-state index in [4.69, 9.17) is 9.84 Å². The molecule has 2 N–H and O–H groups in total. The van der Waals surface area contributed by atoms with Gasteiger partial charge >= 0.3 is 5.69 Å². The van der Waals surface area contributed by atoms with Gasteiger partial charge in [0.05, 0.1) is 6.61 Å². The lowest BCUT2D eigenvalue weighted by atomic mass is 10.2. The van der Waals surface area contributed by atoms with Gasteiger partial charge in [-0.3, -0.25) is 9.36 Å². The highest BCUT2D eigenvalue weighted by Gasteiger charge is 2.29. The number of hydrogen-bond donors (Lipinski definition) is 2. The Morgan fingerprint density at radius 2 is 2.08 bits per heavy atom. The molecule has 3 rings (SSSR count). The van der Waals surface area contributed by atoms with Crippen molar-refractivity contribution in [3.05, 3.63) is 70.5 Å². The minimum absolute atomic E-state index is 0.0474. The van der Waals surface area contributed by atoms with Crippen LogP contribution in [0.4, 0.5) is 10.2 Å². The number of aromatic nitrogens is 2. The molecule has 0 saturated heterocycles. The van der Waals surface area contributed by atoms with Crippen LogP contribution in [0.15, 0.2) is 59.3 Å². The molecule has 24 heavy (non-hydrogen) atoms. The minimum Gasteiger partial charge on any atom is -0.393 e. The fourth-order valence-corrected chi connectivity index (χ4v) is 2.26. The molecule has 1 aliphatic heterocycles. The molecule has 0 unspecified atom stereocenters. The number of rotatable bonds is 4. The van der Waals surface area contributed by atoms with E-state index in [9.17, 15) is 14.0 Å². The van der Waals surface area contributed by atoms with Crippen molar-refractivity contribution in [1.82, 2.24) is 9.55 Å². The predicted molar refractivity (Wildman–Crippen MR) is 83.1 cm³/mol. The van der Waals surface area contributed by atoms with E-state index in [1.807, 2.05) is 0 Å². The molecule has 2 aromatic rings. The Morgan fingerprint density at radius 3 is 2.71 bits per heavy atom. The average Bonchev–Trinajstić information content (AvgIpc) is 2.96. The van der Waals surface area contributed by atoms with Crippen LogP contribution < -0.4 is 11.0 Å². The summed E-state index contributed by atoms with van der Waals surface area (Å²) in [4.78, 5) is 27.8. The Bertz CT molecular complexity index is 835. The molecule has 0 radical (unpaired) electrons. The van der Waals surface area contributed by atoms with E-state index in [0.717, 1.165) is 10.6 Å². The van der Waals surface area contributed by atoms with Gasteiger partial charge in [0.2, 0.25) is 0 Å². The summed E-state index contributed by atoms with van der Waals surface area (Å²) in [5.74, 6) is -1.05. The SMILES string of the molecule is O=C(Nc1ccn([C@@H]2O[C@@H](CO)C=C2F)c(=O)n1)c1ccccc1. The molecule has 1 aromatic heterocycles. The van der Waals surface area contributed by atoms with Crippen LogP contribution in [0.2, 0.25) is 0 Å². The van der Waals surface area contributed by atoms with Crippen LogP contribution in [0.1, 0.15) is 16.6 Å². The molecule has 1 aliphatic rings. The molecule has 0 saturated carbocycles. The van der Waals surface area contributed by atoms with E-state index in [-0.39, 0.29) is 5.82 Å². The molecule has 1 aromatic carbocycles. The summed E-state index contributed by atoms with van der Waals surface area (Å²) in [5.41, 5.74) is -0.365. The van der Waals surface area contributed by atoms with Crippen LogP contribution in [0.5, 0.6) is 0 Å². The van der Waals surface area contributed by atoms with Gasteiger partial charge in [0.25, 0.3) is 5.91 Å². The Kier molecular flexibility index (Phi) is 4.50. The number of nitrogens with one attached hydrogen (secondary N) is 1. The van der Waals surface area contributed by atoms with Crippen LogP contribution in [-0.4, -0.2) is 33.3 Å². The highest BCUT2D eigenvalue weighted by molar-refractivity contribution is 6.03. The third kappa shape index (κ3) is 3.24. The molecule has 2 atom stereocenters. The number of halogens is 1. The second-order valence-corrected chi connectivity index (χ2v) is 5.08. The van der Waals surface area contributed by atoms with Crippen LogP contribution in [-0.2, 0) is 4.74 Å². The van der Waals surface area contributed by atoms with Crippen molar-refractivity contribution in [2.24, 2.45) is 0 Å². The third-order valence-electron chi connectivity index (χ3n) is 3.42. The van der Waals surface area contributed by atoms with Gasteiger partial charge < -0.3 is 15.2 Å². The molecule has 0 aliphatic carbocycles. The third-order valence-corrected chi connectivity index (χ3v) is 3.42. The highest BCUT2D eigenvalue weighted by atomic mass is 19.1. The maximum atomic E-state index is 13.8. The van der Waals surface area contributed by atoms with Crippen LogP contribution in [0.25, 0.3) is 0 Å². The standard InChI is InChI=1S/C16H14FN3O4/c17-12-8-11(9-21)24-15(12)20-7-6-13(19-16(20)23)18-14(22)10-4-2-1-3-5-10/h1-8,11,15,21H,9H2,(H,18,19,22,23)/t11-,15-/m1/s1. The normalized spacial score (nSPS) is 19.8. The molecule has 7 nitrogen and oxygen atoms in total. The fourth-order valence-electron chi connectivity index (χ4n) is 2.26. The largest absolute Gasteiger partial charge is 0.393 e. The molecule has 124 valence electrons. The van der Waals surface area contributed by atoms with Crippen LogP contribution in [0, 0.1) is 0 Å². The first kappa shape index (κ1) is 16.0. The summed E-state index contributed by atoms with van der Waals surface area (Å²) in [5, 5.41) is 11.5. The van der Waals surface area contributed by atoms with Gasteiger partial charge in [0.15, 0.2) is 6.23 Å². The van der Waals surface area contributed by atoms with Crippen molar-refractivity contribution in [2.75, 3.05) is 11.9 Å². The number of aliphatic hydroxyl groups excluding tert-OH is 1. The summed E-state index contributed by atoms with van der Waals surface area (Å²) in [6, 6.07) is 9.82. The van der Waals surface area contributed by atoms with Crippen molar-refractivity contribution in [2.45, 2.75) is 12.3 Å². The molecule has 0 spiro atoms. The van der Waals surface area contributed by atoms with Crippen molar-refractivity contribution in [3.8, 4) is 0 Å². The Morgan fingerprint density at radius 1 is 1.33 bits per heavy atom. The number of carbonyl (C=O) groups excluding carboxylic acids is 1. The van der Waals surface area contributed by atoms with E-state index < -0.39 is 36.4 Å². The average molecular weight is 331 g/mol. The minimum atomic E-state index is -1.26. The van der Waals surface area contributed by atoms with E-state index >= 15 is 0 Å². The molecule has 1 amide bonds. The summed E-state index contributed by atoms with van der Waals surface area (Å²) in [6.45, 7) is -0.392. The second kappa shape index (κ2) is 6.73. The zero-order valence-corrected chi connectivity index (χ0v) is 12.4.